The lowest BCUT2D eigenvalue weighted by atomic mass is 10.1. The van der Waals surface area contributed by atoms with Crippen molar-refractivity contribution in [2.24, 2.45) is 0 Å². The summed E-state index contributed by atoms with van der Waals surface area (Å²) in [4.78, 5) is 0. The molecule has 0 saturated carbocycles. The van der Waals surface area contributed by atoms with E-state index in [1.165, 1.54) is 5.57 Å². The minimum atomic E-state index is 0.765. The van der Waals surface area contributed by atoms with Crippen molar-refractivity contribution in [3.05, 3.63) is 38.8 Å². The molecule has 1 aromatic rings. The van der Waals surface area contributed by atoms with Crippen molar-refractivity contribution in [3.63, 3.8) is 0 Å². The Kier molecular flexibility index (Phi) is 5.37. The zero-order valence-corrected chi connectivity index (χ0v) is 11.3. The average molecular weight is 289 g/mol. The van der Waals surface area contributed by atoms with Gasteiger partial charge in [-0.3, -0.25) is 0 Å². The Morgan fingerprint density at radius 2 is 2.27 bits per heavy atom. The maximum absolute atomic E-state index is 5.94. The summed E-state index contributed by atoms with van der Waals surface area (Å²) < 4.78 is 1.07. The summed E-state index contributed by atoms with van der Waals surface area (Å²) in [5.74, 6) is 0. The number of benzene rings is 1. The summed E-state index contributed by atoms with van der Waals surface area (Å²) in [5.41, 5.74) is 2.41. The molecule has 1 N–H and O–H groups in total. The van der Waals surface area contributed by atoms with E-state index < -0.39 is 0 Å². The van der Waals surface area contributed by atoms with E-state index in [1.807, 2.05) is 18.2 Å². The first-order valence-electron chi connectivity index (χ1n) is 4.96. The zero-order chi connectivity index (χ0) is 11.3. The standard InChI is InChI=1S/C12H15BrClN/c1-3-15-8-9(2)6-10-7-11(14)4-5-12(10)13/h4-7,15H,3,8H2,1-2H3. The van der Waals surface area contributed by atoms with Gasteiger partial charge in [0.15, 0.2) is 0 Å². The lowest BCUT2D eigenvalue weighted by Gasteiger charge is -2.04. The van der Waals surface area contributed by atoms with E-state index in [1.54, 1.807) is 0 Å². The van der Waals surface area contributed by atoms with Crippen LogP contribution in [0.15, 0.2) is 28.2 Å². The van der Waals surface area contributed by atoms with Gasteiger partial charge in [-0.2, -0.15) is 0 Å². The van der Waals surface area contributed by atoms with Crippen LogP contribution < -0.4 is 5.32 Å². The Labute approximate surface area is 105 Å². The van der Waals surface area contributed by atoms with Gasteiger partial charge >= 0.3 is 0 Å². The van der Waals surface area contributed by atoms with Crippen LogP contribution in [0, 0.1) is 0 Å². The maximum atomic E-state index is 5.94. The van der Waals surface area contributed by atoms with E-state index in [0.717, 1.165) is 28.1 Å². The highest BCUT2D eigenvalue weighted by atomic mass is 79.9. The highest BCUT2D eigenvalue weighted by Crippen LogP contribution is 2.23. The van der Waals surface area contributed by atoms with Gasteiger partial charge in [-0.25, -0.2) is 0 Å². The largest absolute Gasteiger partial charge is 0.313 e. The number of likely N-dealkylation sites (N-methyl/N-ethyl adjacent to an activating group) is 1. The van der Waals surface area contributed by atoms with Gasteiger partial charge in [-0.05, 0) is 37.2 Å². The van der Waals surface area contributed by atoms with Crippen molar-refractivity contribution in [2.75, 3.05) is 13.1 Å². The van der Waals surface area contributed by atoms with Gasteiger partial charge in [0, 0.05) is 16.0 Å². The monoisotopic (exact) mass is 287 g/mol. The van der Waals surface area contributed by atoms with Gasteiger partial charge in [-0.1, -0.05) is 46.1 Å². The highest BCUT2D eigenvalue weighted by Gasteiger charge is 1.98. The third-order valence-electron chi connectivity index (χ3n) is 2.01. The molecule has 0 aliphatic rings. The molecule has 0 aliphatic heterocycles. The molecule has 0 bridgehead atoms. The predicted octanol–water partition coefficient (Wildman–Crippen LogP) is 4.12. The Morgan fingerprint density at radius 3 is 2.93 bits per heavy atom. The molecule has 0 unspecified atom stereocenters. The SMILES string of the molecule is CCNCC(C)=Cc1cc(Cl)ccc1Br. The topological polar surface area (TPSA) is 12.0 Å². The lowest BCUT2D eigenvalue weighted by Crippen LogP contribution is -2.14. The lowest BCUT2D eigenvalue weighted by molar-refractivity contribution is 0.778. The third-order valence-corrected chi connectivity index (χ3v) is 2.97. The van der Waals surface area contributed by atoms with Crippen molar-refractivity contribution in [2.45, 2.75) is 13.8 Å². The second-order valence-electron chi connectivity index (χ2n) is 3.44. The van der Waals surface area contributed by atoms with Crippen LogP contribution in [0.3, 0.4) is 0 Å². The van der Waals surface area contributed by atoms with E-state index in [-0.39, 0.29) is 0 Å². The van der Waals surface area contributed by atoms with E-state index in [2.05, 4.69) is 41.2 Å². The molecular formula is C12H15BrClN. The maximum Gasteiger partial charge on any atom is 0.0412 e. The number of rotatable bonds is 4. The van der Waals surface area contributed by atoms with E-state index in [0.29, 0.717) is 0 Å². The summed E-state index contributed by atoms with van der Waals surface area (Å²) >= 11 is 9.44. The normalized spacial score (nSPS) is 11.9. The molecule has 0 radical (unpaired) electrons. The Morgan fingerprint density at radius 1 is 1.53 bits per heavy atom. The second kappa shape index (κ2) is 6.31. The first-order valence-corrected chi connectivity index (χ1v) is 6.13. The van der Waals surface area contributed by atoms with Crippen LogP contribution >= 0.6 is 27.5 Å². The van der Waals surface area contributed by atoms with Gasteiger partial charge in [0.1, 0.15) is 0 Å². The molecule has 1 nitrogen and oxygen atoms in total. The van der Waals surface area contributed by atoms with Crippen LogP contribution in [0.2, 0.25) is 5.02 Å². The van der Waals surface area contributed by atoms with Crippen molar-refractivity contribution < 1.29 is 0 Å². The second-order valence-corrected chi connectivity index (χ2v) is 4.73. The molecule has 82 valence electrons. The molecule has 15 heavy (non-hydrogen) atoms. The zero-order valence-electron chi connectivity index (χ0n) is 8.98. The van der Waals surface area contributed by atoms with Gasteiger partial charge in [-0.15, -0.1) is 0 Å². The summed E-state index contributed by atoms with van der Waals surface area (Å²) in [6.07, 6.45) is 2.14. The average Bonchev–Trinajstić information content (AvgIpc) is 2.20. The molecule has 1 rings (SSSR count). The van der Waals surface area contributed by atoms with Crippen LogP contribution in [0.25, 0.3) is 6.08 Å². The molecule has 3 heteroatoms. The molecule has 0 atom stereocenters. The van der Waals surface area contributed by atoms with Crippen molar-refractivity contribution in [1.29, 1.82) is 0 Å². The molecule has 0 saturated heterocycles. The molecule has 0 fully saturated rings. The summed E-state index contributed by atoms with van der Waals surface area (Å²) in [6.45, 7) is 6.11. The highest BCUT2D eigenvalue weighted by molar-refractivity contribution is 9.10. The van der Waals surface area contributed by atoms with E-state index in [4.69, 9.17) is 11.6 Å². The fourth-order valence-corrected chi connectivity index (χ4v) is 1.81. The Hall–Kier alpha value is -0.310. The van der Waals surface area contributed by atoms with Crippen molar-refractivity contribution >= 4 is 33.6 Å². The molecule has 0 heterocycles. The van der Waals surface area contributed by atoms with Gasteiger partial charge in [0.25, 0.3) is 0 Å². The van der Waals surface area contributed by atoms with Crippen molar-refractivity contribution in [3.8, 4) is 0 Å². The third kappa shape index (κ3) is 4.37. The number of hydrogen-bond acceptors (Lipinski definition) is 1. The first kappa shape index (κ1) is 12.8. The fraction of sp³-hybridized carbons (Fsp3) is 0.333. The molecular weight excluding hydrogens is 273 g/mol. The first-order chi connectivity index (χ1) is 7.13. The van der Waals surface area contributed by atoms with Crippen LogP contribution in [-0.4, -0.2) is 13.1 Å². The smallest absolute Gasteiger partial charge is 0.0412 e. The molecule has 0 aliphatic carbocycles. The molecule has 0 aromatic heterocycles. The Bertz CT molecular complexity index is 361. The van der Waals surface area contributed by atoms with Crippen LogP contribution in [0.5, 0.6) is 0 Å². The summed E-state index contributed by atoms with van der Waals surface area (Å²) in [5, 5.41) is 4.05. The summed E-state index contributed by atoms with van der Waals surface area (Å²) in [6, 6.07) is 5.80. The number of halogens is 2. The van der Waals surface area contributed by atoms with E-state index in [9.17, 15) is 0 Å². The quantitative estimate of drug-likeness (QED) is 0.879. The Balaban J connectivity index is 2.82. The van der Waals surface area contributed by atoms with Crippen LogP contribution in [0.4, 0.5) is 0 Å². The minimum absolute atomic E-state index is 0.765. The minimum Gasteiger partial charge on any atom is -0.313 e. The number of hydrogen-bond donors (Lipinski definition) is 1. The molecule has 0 amide bonds. The fourth-order valence-electron chi connectivity index (χ4n) is 1.26. The van der Waals surface area contributed by atoms with Gasteiger partial charge in [0.2, 0.25) is 0 Å². The predicted molar refractivity (Wildman–Crippen MR) is 71.3 cm³/mol. The number of nitrogens with one attached hydrogen (secondary N) is 1. The van der Waals surface area contributed by atoms with Crippen LogP contribution in [-0.2, 0) is 0 Å². The van der Waals surface area contributed by atoms with Crippen molar-refractivity contribution in [1.82, 2.24) is 5.32 Å². The molecule has 1 aromatic carbocycles. The van der Waals surface area contributed by atoms with Gasteiger partial charge < -0.3 is 5.32 Å². The van der Waals surface area contributed by atoms with Crippen LogP contribution in [0.1, 0.15) is 19.4 Å². The summed E-state index contributed by atoms with van der Waals surface area (Å²) in [7, 11) is 0. The van der Waals surface area contributed by atoms with Gasteiger partial charge in [0.05, 0.1) is 0 Å². The van der Waals surface area contributed by atoms with E-state index >= 15 is 0 Å². The molecule has 0 spiro atoms.